The number of likely N-dealkylation sites (tertiary alicyclic amines) is 1. The summed E-state index contributed by atoms with van der Waals surface area (Å²) in [5.41, 5.74) is 1.10. The monoisotopic (exact) mass is 411 g/mol. The minimum absolute atomic E-state index is 0.235. The lowest BCUT2D eigenvalue weighted by atomic mass is 10.1. The van der Waals surface area contributed by atoms with Crippen molar-refractivity contribution in [2.45, 2.75) is 56.5 Å². The molecule has 1 aromatic carbocycles. The molecule has 0 N–H and O–H groups in total. The number of para-hydroxylation sites is 1. The quantitative estimate of drug-likeness (QED) is 0.551. The zero-order valence-electron chi connectivity index (χ0n) is 17.5. The standard InChI is InChI=1S/C21H29N7S/c1-4-18-22-23-19(26(18)3)15-29-21-25-24-20(16(2)27-13-9-6-10-14-27)28(21)17-11-7-5-8-12-17/h5,7-8,11-12,16H,4,6,9-10,13-15H2,1-3H3. The SMILES string of the molecule is CCc1nnc(CSc2nnc(C(C)N3CCCCC3)n2-c2ccccc2)n1C. The first-order chi connectivity index (χ1) is 14.2. The number of hydrogen-bond acceptors (Lipinski definition) is 6. The highest BCUT2D eigenvalue weighted by atomic mass is 32.2. The molecule has 1 fully saturated rings. The van der Waals surface area contributed by atoms with E-state index in [9.17, 15) is 0 Å². The van der Waals surface area contributed by atoms with Crippen molar-refractivity contribution in [3.05, 3.63) is 47.8 Å². The number of nitrogens with zero attached hydrogens (tertiary/aromatic N) is 7. The molecule has 8 heteroatoms. The number of piperidine rings is 1. The average Bonchev–Trinajstić information content (AvgIpc) is 3.36. The molecule has 1 saturated heterocycles. The first-order valence-corrected chi connectivity index (χ1v) is 11.4. The van der Waals surface area contributed by atoms with E-state index in [1.54, 1.807) is 11.8 Å². The molecular formula is C21H29N7S. The van der Waals surface area contributed by atoms with Crippen LogP contribution in [-0.4, -0.2) is 47.5 Å². The van der Waals surface area contributed by atoms with Crippen LogP contribution in [0.2, 0.25) is 0 Å². The Hall–Kier alpha value is -2.19. The van der Waals surface area contributed by atoms with Gasteiger partial charge in [0.05, 0.1) is 11.8 Å². The number of hydrogen-bond donors (Lipinski definition) is 0. The molecule has 0 radical (unpaired) electrons. The Balaban J connectivity index is 1.63. The summed E-state index contributed by atoms with van der Waals surface area (Å²) in [7, 11) is 2.03. The van der Waals surface area contributed by atoms with Crippen LogP contribution in [0.1, 0.15) is 56.6 Å². The van der Waals surface area contributed by atoms with Crippen LogP contribution in [0.25, 0.3) is 5.69 Å². The number of aryl methyl sites for hydroxylation is 1. The Kier molecular flexibility index (Phi) is 6.30. The van der Waals surface area contributed by atoms with Gasteiger partial charge in [0.1, 0.15) is 11.6 Å². The summed E-state index contributed by atoms with van der Waals surface area (Å²) in [5, 5.41) is 18.7. The van der Waals surface area contributed by atoms with E-state index in [2.05, 4.69) is 72.5 Å². The van der Waals surface area contributed by atoms with Gasteiger partial charge in [0, 0.05) is 19.2 Å². The van der Waals surface area contributed by atoms with Gasteiger partial charge in [0.25, 0.3) is 0 Å². The van der Waals surface area contributed by atoms with Crippen LogP contribution in [0.5, 0.6) is 0 Å². The summed E-state index contributed by atoms with van der Waals surface area (Å²) >= 11 is 1.67. The van der Waals surface area contributed by atoms with Crippen molar-refractivity contribution in [1.29, 1.82) is 0 Å². The topological polar surface area (TPSA) is 64.7 Å². The van der Waals surface area contributed by atoms with Crippen LogP contribution in [-0.2, 0) is 19.2 Å². The smallest absolute Gasteiger partial charge is 0.196 e. The minimum Gasteiger partial charge on any atom is -0.317 e. The van der Waals surface area contributed by atoms with Gasteiger partial charge in [-0.25, -0.2) is 0 Å². The van der Waals surface area contributed by atoms with Crippen molar-refractivity contribution in [1.82, 2.24) is 34.4 Å². The van der Waals surface area contributed by atoms with E-state index in [0.717, 1.165) is 47.8 Å². The predicted octanol–water partition coefficient (Wildman–Crippen LogP) is 3.80. The lowest BCUT2D eigenvalue weighted by Gasteiger charge is -2.31. The van der Waals surface area contributed by atoms with E-state index >= 15 is 0 Å². The number of rotatable bonds is 7. The van der Waals surface area contributed by atoms with Gasteiger partial charge in [-0.3, -0.25) is 9.47 Å². The van der Waals surface area contributed by atoms with E-state index < -0.39 is 0 Å². The number of thioether (sulfide) groups is 1. The fraction of sp³-hybridized carbons (Fsp3) is 0.524. The highest BCUT2D eigenvalue weighted by molar-refractivity contribution is 7.98. The molecule has 7 nitrogen and oxygen atoms in total. The second-order valence-electron chi connectivity index (χ2n) is 7.52. The summed E-state index contributed by atoms with van der Waals surface area (Å²) in [6.07, 6.45) is 4.73. The van der Waals surface area contributed by atoms with E-state index in [1.807, 2.05) is 13.1 Å². The lowest BCUT2D eigenvalue weighted by Crippen LogP contribution is -2.33. The fourth-order valence-electron chi connectivity index (χ4n) is 3.90. The summed E-state index contributed by atoms with van der Waals surface area (Å²) in [5.74, 6) is 3.68. The van der Waals surface area contributed by atoms with Crippen molar-refractivity contribution in [2.24, 2.45) is 7.05 Å². The van der Waals surface area contributed by atoms with E-state index in [1.165, 1.54) is 19.3 Å². The zero-order chi connectivity index (χ0) is 20.2. The maximum absolute atomic E-state index is 4.63. The molecule has 3 aromatic rings. The molecule has 4 rings (SSSR count). The third-order valence-corrected chi connectivity index (χ3v) is 6.61. The van der Waals surface area contributed by atoms with Gasteiger partial charge in [0.15, 0.2) is 11.0 Å². The Morgan fingerprint density at radius 1 is 0.966 bits per heavy atom. The molecule has 154 valence electrons. The molecule has 2 aromatic heterocycles. The van der Waals surface area contributed by atoms with E-state index in [0.29, 0.717) is 5.75 Å². The van der Waals surface area contributed by atoms with Crippen LogP contribution in [0.15, 0.2) is 35.5 Å². The van der Waals surface area contributed by atoms with Crippen LogP contribution in [0, 0.1) is 0 Å². The zero-order valence-corrected chi connectivity index (χ0v) is 18.3. The molecule has 3 heterocycles. The van der Waals surface area contributed by atoms with Crippen LogP contribution in [0.4, 0.5) is 0 Å². The molecule has 29 heavy (non-hydrogen) atoms. The molecule has 1 atom stereocenters. The molecule has 0 bridgehead atoms. The van der Waals surface area contributed by atoms with Crippen molar-refractivity contribution in [2.75, 3.05) is 13.1 Å². The third-order valence-electron chi connectivity index (χ3n) is 5.69. The van der Waals surface area contributed by atoms with Crippen LogP contribution in [0.3, 0.4) is 0 Å². The van der Waals surface area contributed by atoms with Crippen molar-refractivity contribution >= 4 is 11.8 Å². The molecule has 0 spiro atoms. The molecule has 0 saturated carbocycles. The van der Waals surface area contributed by atoms with Gasteiger partial charge in [-0.15, -0.1) is 20.4 Å². The highest BCUT2D eigenvalue weighted by Crippen LogP contribution is 2.30. The van der Waals surface area contributed by atoms with Gasteiger partial charge in [-0.1, -0.05) is 43.3 Å². The normalized spacial score (nSPS) is 16.2. The number of aromatic nitrogens is 6. The molecule has 1 unspecified atom stereocenters. The maximum atomic E-state index is 4.63. The molecule has 0 amide bonds. The summed E-state index contributed by atoms with van der Waals surface area (Å²) in [6, 6.07) is 10.7. The van der Waals surface area contributed by atoms with E-state index in [-0.39, 0.29) is 6.04 Å². The number of benzene rings is 1. The second-order valence-corrected chi connectivity index (χ2v) is 8.46. The Labute approximate surface area is 176 Å². The fourth-order valence-corrected chi connectivity index (χ4v) is 4.83. The van der Waals surface area contributed by atoms with Crippen LogP contribution >= 0.6 is 11.8 Å². The molecule has 1 aliphatic heterocycles. The van der Waals surface area contributed by atoms with Gasteiger partial charge >= 0.3 is 0 Å². The van der Waals surface area contributed by atoms with Crippen molar-refractivity contribution in [3.63, 3.8) is 0 Å². The Bertz CT molecular complexity index is 928. The molecular weight excluding hydrogens is 382 g/mol. The van der Waals surface area contributed by atoms with Gasteiger partial charge < -0.3 is 4.57 Å². The Morgan fingerprint density at radius 2 is 1.69 bits per heavy atom. The maximum Gasteiger partial charge on any atom is 0.196 e. The predicted molar refractivity (Wildman–Crippen MR) is 115 cm³/mol. The van der Waals surface area contributed by atoms with E-state index in [4.69, 9.17) is 0 Å². The first-order valence-electron chi connectivity index (χ1n) is 10.4. The summed E-state index contributed by atoms with van der Waals surface area (Å²) in [6.45, 7) is 6.61. The second kappa shape index (κ2) is 9.09. The average molecular weight is 412 g/mol. The van der Waals surface area contributed by atoms with Gasteiger partial charge in [-0.05, 0) is 45.0 Å². The Morgan fingerprint density at radius 3 is 2.38 bits per heavy atom. The minimum atomic E-state index is 0.235. The van der Waals surface area contributed by atoms with Crippen molar-refractivity contribution in [3.8, 4) is 5.69 Å². The highest BCUT2D eigenvalue weighted by Gasteiger charge is 2.25. The summed E-state index contributed by atoms with van der Waals surface area (Å²) < 4.78 is 4.29. The third kappa shape index (κ3) is 4.23. The first kappa shape index (κ1) is 20.1. The van der Waals surface area contributed by atoms with Gasteiger partial charge in [-0.2, -0.15) is 0 Å². The largest absolute Gasteiger partial charge is 0.317 e. The molecule has 1 aliphatic rings. The van der Waals surface area contributed by atoms with Gasteiger partial charge in [0.2, 0.25) is 0 Å². The van der Waals surface area contributed by atoms with Crippen molar-refractivity contribution < 1.29 is 0 Å². The molecule has 0 aliphatic carbocycles. The summed E-state index contributed by atoms with van der Waals surface area (Å²) in [4.78, 5) is 2.53. The lowest BCUT2D eigenvalue weighted by molar-refractivity contribution is 0.167. The van der Waals surface area contributed by atoms with Crippen LogP contribution < -0.4 is 0 Å².